The van der Waals surface area contributed by atoms with E-state index in [2.05, 4.69) is 20.6 Å². The van der Waals surface area contributed by atoms with Gasteiger partial charge in [0, 0.05) is 24.7 Å². The molecule has 3 atom stereocenters. The van der Waals surface area contributed by atoms with Crippen molar-refractivity contribution in [2.75, 3.05) is 12.0 Å². The van der Waals surface area contributed by atoms with Crippen molar-refractivity contribution >= 4 is 29.5 Å². The number of imidazole rings is 1. The highest BCUT2D eigenvalue weighted by Gasteiger charge is 2.28. The van der Waals surface area contributed by atoms with Crippen LogP contribution >= 0.6 is 11.8 Å². The predicted octanol–water partition coefficient (Wildman–Crippen LogP) is 0.330. The fourth-order valence-corrected chi connectivity index (χ4v) is 3.30. The highest BCUT2D eigenvalue weighted by atomic mass is 32.2. The van der Waals surface area contributed by atoms with Crippen molar-refractivity contribution in [3.8, 4) is 0 Å². The average Bonchev–Trinajstić information content (AvgIpc) is 3.23. The van der Waals surface area contributed by atoms with Gasteiger partial charge in [-0.1, -0.05) is 30.3 Å². The number of benzene rings is 1. The molecule has 0 aliphatic carbocycles. The van der Waals surface area contributed by atoms with E-state index in [1.165, 1.54) is 18.1 Å². The molecule has 0 spiro atoms. The Kier molecular flexibility index (Phi) is 9.36. The van der Waals surface area contributed by atoms with Gasteiger partial charge in [0.2, 0.25) is 11.8 Å². The van der Waals surface area contributed by atoms with E-state index in [1.807, 2.05) is 36.6 Å². The lowest BCUT2D eigenvalue weighted by Gasteiger charge is -2.23. The van der Waals surface area contributed by atoms with E-state index in [1.54, 1.807) is 6.20 Å². The van der Waals surface area contributed by atoms with Gasteiger partial charge in [-0.05, 0) is 24.0 Å². The number of nitrogens with one attached hydrogen (secondary N) is 3. The summed E-state index contributed by atoms with van der Waals surface area (Å²) < 4.78 is 0. The van der Waals surface area contributed by atoms with Gasteiger partial charge in [-0.3, -0.25) is 9.59 Å². The Morgan fingerprint density at radius 2 is 1.83 bits per heavy atom. The molecule has 2 rings (SSSR count). The molecule has 6 N–H and O–H groups in total. The van der Waals surface area contributed by atoms with E-state index in [4.69, 9.17) is 5.73 Å². The van der Waals surface area contributed by atoms with Crippen LogP contribution in [0, 0.1) is 0 Å². The lowest BCUT2D eigenvalue weighted by Crippen LogP contribution is -2.55. The van der Waals surface area contributed by atoms with Crippen LogP contribution in [-0.4, -0.2) is 63.0 Å². The first-order valence-electron chi connectivity index (χ1n) is 9.50. The Morgan fingerprint density at radius 1 is 1.13 bits per heavy atom. The van der Waals surface area contributed by atoms with Crippen LogP contribution in [0.4, 0.5) is 0 Å². The number of aliphatic carboxylic acids is 1. The van der Waals surface area contributed by atoms with E-state index in [0.717, 1.165) is 5.56 Å². The highest BCUT2D eigenvalue weighted by Crippen LogP contribution is 2.07. The number of carbonyl (C=O) groups excluding carboxylic acids is 2. The van der Waals surface area contributed by atoms with Gasteiger partial charge in [-0.25, -0.2) is 9.78 Å². The molecule has 0 aliphatic heterocycles. The van der Waals surface area contributed by atoms with Crippen molar-refractivity contribution in [3.05, 3.63) is 54.1 Å². The van der Waals surface area contributed by atoms with Crippen molar-refractivity contribution in [1.82, 2.24) is 20.6 Å². The zero-order valence-electron chi connectivity index (χ0n) is 16.7. The molecule has 0 saturated carbocycles. The van der Waals surface area contributed by atoms with Gasteiger partial charge in [0.25, 0.3) is 0 Å². The SMILES string of the molecule is CSCCC(NC(=O)C(Cc1ccccc1)NC(=O)C(N)Cc1cnc[nH]1)C(=O)O. The van der Waals surface area contributed by atoms with Crippen LogP contribution in [-0.2, 0) is 27.2 Å². The van der Waals surface area contributed by atoms with Crippen molar-refractivity contribution in [2.45, 2.75) is 37.4 Å². The van der Waals surface area contributed by atoms with Crippen molar-refractivity contribution < 1.29 is 19.5 Å². The van der Waals surface area contributed by atoms with E-state index in [0.29, 0.717) is 11.4 Å². The summed E-state index contributed by atoms with van der Waals surface area (Å²) >= 11 is 1.49. The monoisotopic (exact) mass is 433 g/mol. The molecule has 0 bridgehead atoms. The number of aromatic amines is 1. The minimum atomic E-state index is -1.11. The van der Waals surface area contributed by atoms with Gasteiger partial charge in [-0.15, -0.1) is 0 Å². The summed E-state index contributed by atoms with van der Waals surface area (Å²) in [6.07, 6.45) is 5.66. The number of hydrogen-bond donors (Lipinski definition) is 5. The number of carboxylic acids is 1. The summed E-state index contributed by atoms with van der Waals surface area (Å²) in [5.41, 5.74) is 7.51. The number of H-pyrrole nitrogens is 1. The first kappa shape index (κ1) is 23.4. The van der Waals surface area contributed by atoms with Crippen LogP contribution in [0.25, 0.3) is 0 Å². The highest BCUT2D eigenvalue weighted by molar-refractivity contribution is 7.98. The number of thioether (sulfide) groups is 1. The maximum absolute atomic E-state index is 12.8. The fourth-order valence-electron chi connectivity index (χ4n) is 2.83. The molecule has 9 nitrogen and oxygen atoms in total. The summed E-state index contributed by atoms with van der Waals surface area (Å²) in [4.78, 5) is 43.7. The average molecular weight is 434 g/mol. The standard InChI is InChI=1S/C20H27N5O4S/c1-30-8-7-16(20(28)29)24-19(27)17(9-13-5-3-2-4-6-13)25-18(26)15(21)10-14-11-22-12-23-14/h2-6,11-12,15-17H,7-10,21H2,1H3,(H,22,23)(H,24,27)(H,25,26)(H,28,29). The van der Waals surface area contributed by atoms with Crippen LogP contribution in [0.2, 0.25) is 0 Å². The Labute approximate surface area is 179 Å². The largest absolute Gasteiger partial charge is 0.480 e. The quantitative estimate of drug-likeness (QED) is 0.324. The molecule has 1 heterocycles. The van der Waals surface area contributed by atoms with Crippen LogP contribution in [0.15, 0.2) is 42.9 Å². The molecule has 1 aromatic heterocycles. The summed E-state index contributed by atoms with van der Waals surface area (Å²) in [5.74, 6) is -1.59. The number of nitrogens with zero attached hydrogens (tertiary/aromatic N) is 1. The normalized spacial score (nSPS) is 13.8. The number of nitrogens with two attached hydrogens (primary N) is 1. The second kappa shape index (κ2) is 12.0. The molecule has 0 saturated heterocycles. The third-order valence-electron chi connectivity index (χ3n) is 4.47. The number of carbonyl (C=O) groups is 3. The van der Waals surface area contributed by atoms with Crippen LogP contribution in [0.1, 0.15) is 17.7 Å². The first-order chi connectivity index (χ1) is 14.4. The molecule has 0 radical (unpaired) electrons. The van der Waals surface area contributed by atoms with Crippen LogP contribution < -0.4 is 16.4 Å². The molecule has 162 valence electrons. The second-order valence-corrected chi connectivity index (χ2v) is 7.80. The summed E-state index contributed by atoms with van der Waals surface area (Å²) in [6, 6.07) is 6.30. The second-order valence-electron chi connectivity index (χ2n) is 6.82. The zero-order chi connectivity index (χ0) is 21.9. The van der Waals surface area contributed by atoms with E-state index in [-0.39, 0.29) is 19.3 Å². The molecule has 30 heavy (non-hydrogen) atoms. The summed E-state index contributed by atoms with van der Waals surface area (Å²) in [7, 11) is 0. The number of amides is 2. The Hall–Kier alpha value is -2.85. The van der Waals surface area contributed by atoms with Gasteiger partial charge in [-0.2, -0.15) is 11.8 Å². The lowest BCUT2D eigenvalue weighted by atomic mass is 10.0. The van der Waals surface area contributed by atoms with Gasteiger partial charge in [0.15, 0.2) is 0 Å². The van der Waals surface area contributed by atoms with E-state index < -0.39 is 35.9 Å². The maximum Gasteiger partial charge on any atom is 0.326 e. The van der Waals surface area contributed by atoms with Crippen LogP contribution in [0.3, 0.4) is 0 Å². The number of aromatic nitrogens is 2. The van der Waals surface area contributed by atoms with Gasteiger partial charge in [0.05, 0.1) is 12.4 Å². The molecule has 10 heteroatoms. The first-order valence-corrected chi connectivity index (χ1v) is 10.9. The smallest absolute Gasteiger partial charge is 0.326 e. The molecule has 2 aromatic rings. The molecule has 0 fully saturated rings. The number of rotatable bonds is 12. The number of carboxylic acid groups (broad SMARTS) is 1. The molecule has 3 unspecified atom stereocenters. The Bertz CT molecular complexity index is 816. The van der Waals surface area contributed by atoms with Crippen LogP contribution in [0.5, 0.6) is 0 Å². The van der Waals surface area contributed by atoms with E-state index in [9.17, 15) is 19.5 Å². The summed E-state index contributed by atoms with van der Waals surface area (Å²) in [6.45, 7) is 0. The molecule has 1 aromatic carbocycles. The lowest BCUT2D eigenvalue weighted by molar-refractivity contribution is -0.142. The third-order valence-corrected chi connectivity index (χ3v) is 5.12. The fraction of sp³-hybridized carbons (Fsp3) is 0.400. The molecular weight excluding hydrogens is 406 g/mol. The molecular formula is C20H27N5O4S. The van der Waals surface area contributed by atoms with Crippen molar-refractivity contribution in [1.29, 1.82) is 0 Å². The third kappa shape index (κ3) is 7.53. The van der Waals surface area contributed by atoms with Gasteiger partial charge >= 0.3 is 5.97 Å². The molecule has 0 aliphatic rings. The van der Waals surface area contributed by atoms with Crippen molar-refractivity contribution in [2.24, 2.45) is 5.73 Å². The maximum atomic E-state index is 12.8. The Balaban J connectivity index is 2.09. The van der Waals surface area contributed by atoms with E-state index >= 15 is 0 Å². The minimum absolute atomic E-state index is 0.212. The minimum Gasteiger partial charge on any atom is -0.480 e. The zero-order valence-corrected chi connectivity index (χ0v) is 17.5. The predicted molar refractivity (Wildman–Crippen MR) is 115 cm³/mol. The van der Waals surface area contributed by atoms with Crippen molar-refractivity contribution in [3.63, 3.8) is 0 Å². The summed E-state index contributed by atoms with van der Waals surface area (Å²) in [5, 5.41) is 14.6. The van der Waals surface area contributed by atoms with Gasteiger partial charge < -0.3 is 26.5 Å². The topological polar surface area (TPSA) is 150 Å². The Morgan fingerprint density at radius 3 is 2.43 bits per heavy atom. The number of hydrogen-bond acceptors (Lipinski definition) is 6. The van der Waals surface area contributed by atoms with Gasteiger partial charge in [0.1, 0.15) is 12.1 Å². The molecule has 2 amide bonds.